The SMILES string of the molecule is Cl.Cl.ClCl.ClCl.O=C=O.O=C=O.O=O.O=O.O=[Si-]O.O=[Si]OOO.[Ca+2].[Cl][Fe][Cl].[Fe].[Fe].[HH].[HH].[HH].[O-]O. The zero-order valence-electron chi connectivity index (χ0n) is 13.5. The van der Waals surface area contributed by atoms with Crippen LogP contribution in [0.3, 0.4) is 0 Å². The van der Waals surface area contributed by atoms with E-state index in [9.17, 15) is 0 Å². The molecular formula is C2H11CaCl8Fe3O16Si2. The molecule has 0 saturated heterocycles. The van der Waals surface area contributed by atoms with Gasteiger partial charge in [0.05, 0.1) is 9.65 Å². The van der Waals surface area contributed by atoms with Gasteiger partial charge in [-0.25, -0.2) is 5.26 Å². The first-order valence-corrected chi connectivity index (χ1v) is 10.1. The van der Waals surface area contributed by atoms with Crippen molar-refractivity contribution in [3.8, 4) is 0 Å². The average Bonchev–Trinajstić information content (AvgIpc) is 2.73. The summed E-state index contributed by atoms with van der Waals surface area (Å²) in [7, 11) is 23.7. The summed E-state index contributed by atoms with van der Waals surface area (Å²) in [6.07, 6.45) is 0.500. The summed E-state index contributed by atoms with van der Waals surface area (Å²) in [6.45, 7) is 0. The first-order valence-electron chi connectivity index (χ1n) is 3.07. The Labute approximate surface area is 284 Å². The summed E-state index contributed by atoms with van der Waals surface area (Å²) in [6, 6.07) is 0. The van der Waals surface area contributed by atoms with Gasteiger partial charge in [0.15, 0.2) is 0 Å². The van der Waals surface area contributed by atoms with Crippen LogP contribution in [0.15, 0.2) is 0 Å². The second kappa shape index (κ2) is 389. The maximum Gasteiger partial charge on any atom is 0 e. The minimum atomic E-state index is -1.17. The second-order valence-corrected chi connectivity index (χ2v) is 2.89. The molecule has 0 aliphatic heterocycles. The zero-order chi connectivity index (χ0) is 24.9. The molecule has 30 heteroatoms. The van der Waals surface area contributed by atoms with Gasteiger partial charge in [-0.15, -0.1) is 24.8 Å². The van der Waals surface area contributed by atoms with E-state index in [1.807, 2.05) is 0 Å². The van der Waals surface area contributed by atoms with Crippen molar-refractivity contribution >= 4 is 158 Å². The Morgan fingerprint density at radius 1 is 0.875 bits per heavy atom. The molecule has 16 nitrogen and oxygen atoms in total. The fraction of sp³-hybridized carbons (Fsp3) is 0. The van der Waals surface area contributed by atoms with E-state index in [2.05, 4.69) is 53.0 Å². The van der Waals surface area contributed by atoms with E-state index in [0.29, 0.717) is 0 Å². The van der Waals surface area contributed by atoms with Crippen molar-refractivity contribution in [1.82, 2.24) is 0 Å². The number of hydrogen-bond donors (Lipinski definition) is 3. The number of carbonyl (C=O) groups excluding carboxylic acids is 4. The molecule has 3 N–H and O–H groups in total. The van der Waals surface area contributed by atoms with E-state index in [1.54, 1.807) is 0 Å². The van der Waals surface area contributed by atoms with E-state index < -0.39 is 19.3 Å². The maximum absolute atomic E-state index is 9.05. The molecule has 0 amide bonds. The van der Waals surface area contributed by atoms with Gasteiger partial charge in [0.2, 0.25) is 0 Å². The van der Waals surface area contributed by atoms with Gasteiger partial charge < -0.3 is 28.8 Å². The van der Waals surface area contributed by atoms with Crippen molar-refractivity contribution in [2.24, 2.45) is 0 Å². The van der Waals surface area contributed by atoms with Gasteiger partial charge in [0.25, 0.3) is 0 Å². The first kappa shape index (κ1) is 102. The molecular weight excluding hydrogens is 827 g/mol. The summed E-state index contributed by atoms with van der Waals surface area (Å²) in [4.78, 5) is 67.5. The van der Waals surface area contributed by atoms with Gasteiger partial charge in [-0.05, 0) is 5.04 Å². The van der Waals surface area contributed by atoms with Gasteiger partial charge in [-0.1, -0.05) is 0 Å². The van der Waals surface area contributed by atoms with Crippen molar-refractivity contribution in [3.05, 3.63) is 19.9 Å². The van der Waals surface area contributed by atoms with Crippen LogP contribution < -0.4 is 5.26 Å². The summed E-state index contributed by atoms with van der Waals surface area (Å²) in [5.74, 6) is 0. The van der Waals surface area contributed by atoms with E-state index in [1.165, 1.54) is 0 Å². The van der Waals surface area contributed by atoms with Crippen LogP contribution in [0.1, 0.15) is 4.28 Å². The predicted octanol–water partition coefficient (Wildman–Crippen LogP) is 1.43. The Hall–Kier alpha value is 2.57. The van der Waals surface area contributed by atoms with Crippen LogP contribution in [0, 0.1) is 19.9 Å². The van der Waals surface area contributed by atoms with E-state index in [0.717, 1.165) is 0 Å². The van der Waals surface area contributed by atoms with Crippen LogP contribution in [0.4, 0.5) is 0 Å². The van der Waals surface area contributed by atoms with E-state index in [4.69, 9.17) is 88.7 Å². The molecule has 1 radical (unpaired) electrons. The Balaban J connectivity index is -0.00000000568. The maximum atomic E-state index is 9.05. The third-order valence-corrected chi connectivity index (χ3v) is 0.214. The van der Waals surface area contributed by atoms with Crippen molar-refractivity contribution in [1.29, 1.82) is 0 Å². The quantitative estimate of drug-likeness (QED) is 0.202. The molecule has 32 heavy (non-hydrogen) atoms. The fourth-order valence-electron chi connectivity index (χ4n) is 0.0152. The molecule has 0 bridgehead atoms. The molecule has 0 spiro atoms. The summed E-state index contributed by atoms with van der Waals surface area (Å²) >= 11 is 0.194. The third-order valence-electron chi connectivity index (χ3n) is 0.0713. The molecule has 0 saturated carbocycles. The molecule has 0 rings (SSSR count). The first-order chi connectivity index (χ1) is 13.1. The molecule has 0 unspecified atom stereocenters. The van der Waals surface area contributed by atoms with E-state index >= 15 is 0 Å². The monoisotopic (exact) mass is 834 g/mol. The fourth-order valence-corrected chi connectivity index (χ4v) is 0.0456. The Bertz CT molecular complexity index is 248. The van der Waals surface area contributed by atoms with Gasteiger partial charge in [0.1, 0.15) is 0 Å². The van der Waals surface area contributed by atoms with E-state index in [-0.39, 0.29) is 126 Å². The average molecular weight is 839 g/mol. The normalized spacial score (nSPS) is 3.41. The Kier molecular flexibility index (Phi) is 1240. The van der Waals surface area contributed by atoms with Crippen LogP contribution in [-0.2, 0) is 85.0 Å². The molecule has 0 aromatic heterocycles. The van der Waals surface area contributed by atoms with Crippen LogP contribution in [0.5, 0.6) is 0 Å². The van der Waals surface area contributed by atoms with Gasteiger partial charge >= 0.3 is 93.0 Å². The van der Waals surface area contributed by atoms with Crippen LogP contribution in [0.25, 0.3) is 0 Å². The summed E-state index contributed by atoms with van der Waals surface area (Å²) < 4.78 is 20.9. The molecule has 205 valence electrons. The second-order valence-electron chi connectivity index (χ2n) is 0.550. The predicted molar refractivity (Wildman–Crippen MR) is 108 cm³/mol. The topological polar surface area (TPSA) is 273 Å². The molecule has 0 aliphatic carbocycles. The van der Waals surface area contributed by atoms with Crippen molar-refractivity contribution < 1.29 is 110 Å². The molecule has 0 aromatic carbocycles. The Morgan fingerprint density at radius 2 is 0.969 bits per heavy atom. The smallest absolute Gasteiger partial charge is 0 e. The number of rotatable bonds is 2. The molecule has 0 heterocycles. The minimum Gasteiger partial charge on any atom is -0.727 e. The third kappa shape index (κ3) is 1550. The Morgan fingerprint density at radius 3 is 0.969 bits per heavy atom. The standard InChI is InChI=1S/2CO2.Ca.2Cl2.4ClH.3Fe.HO4Si.HO2Si.H2O2.2O2.3H2/c2*2-1-3;;2*1-2;;;;;;;;1-3-4-5-2;1-3-2;3*1-2;;;/h;;;;;4*1H;;;;1H;1H;1-2H;;;3*1H/q;;+2;;;;;;;;;+2;;-1;;;;;;/p-3. The molecule has 0 aromatic rings. The van der Waals surface area contributed by atoms with Crippen LogP contribution in [-0.4, -0.2) is 84.7 Å². The molecule has 0 fully saturated rings. The minimum absolute atomic E-state index is 0. The van der Waals surface area contributed by atoms with Gasteiger partial charge in [0, 0.05) is 102 Å². The number of halogens is 8. The number of hydrogen-bond acceptors (Lipinski definition) is 15. The van der Waals surface area contributed by atoms with Crippen LogP contribution >= 0.6 is 88.4 Å². The van der Waals surface area contributed by atoms with Gasteiger partial charge in [-0.3, -0.25) is 0 Å². The summed E-state index contributed by atoms with van der Waals surface area (Å²) in [5.41, 5.74) is 0. The molecule has 0 aliphatic rings. The van der Waals surface area contributed by atoms with Crippen LogP contribution in [0.2, 0.25) is 0 Å². The zero-order valence-corrected chi connectivity index (χ0v) is 27.2. The molecule has 0 atom stereocenters. The van der Waals surface area contributed by atoms with Crippen molar-refractivity contribution in [2.75, 3.05) is 0 Å². The van der Waals surface area contributed by atoms with Crippen molar-refractivity contribution in [2.45, 2.75) is 0 Å². The summed E-state index contributed by atoms with van der Waals surface area (Å²) in [5, 5.41) is 23.0. The largest absolute Gasteiger partial charge is 0.727 e. The van der Waals surface area contributed by atoms with Crippen molar-refractivity contribution in [3.63, 3.8) is 0 Å². The van der Waals surface area contributed by atoms with Gasteiger partial charge in [-0.2, -0.15) is 19.2 Å².